The lowest BCUT2D eigenvalue weighted by Gasteiger charge is -2.23. The number of hydrogen-bond donors (Lipinski definition) is 1. The smallest absolute Gasteiger partial charge is 0.271 e. The Morgan fingerprint density at radius 2 is 1.36 bits per heavy atom. The maximum absolute atomic E-state index is 13.5. The highest BCUT2D eigenvalue weighted by Crippen LogP contribution is 2.32. The molecule has 2 rings (SSSR count). The lowest BCUT2D eigenvalue weighted by molar-refractivity contribution is 0.0749. The second-order valence-corrected chi connectivity index (χ2v) is 11.2. The maximum Gasteiger partial charge on any atom is 0.271 e. The van der Waals surface area contributed by atoms with E-state index in [9.17, 15) is 20.0 Å². The predicted octanol–water partition coefficient (Wildman–Crippen LogP) is 9.11. The van der Waals surface area contributed by atoms with E-state index in [2.05, 4.69) is 24.1 Å². The van der Waals surface area contributed by atoms with Gasteiger partial charge in [0.05, 0.1) is 5.69 Å². The van der Waals surface area contributed by atoms with Gasteiger partial charge in [-0.05, 0) is 50.5 Å². The fraction of sp³-hybridized carbons (Fsp3) is 0.618. The Morgan fingerprint density at radius 3 is 1.88 bits per heavy atom. The summed E-state index contributed by atoms with van der Waals surface area (Å²) in [7, 11) is 0. The number of carbonyl (C=O) groups is 1. The summed E-state index contributed by atoms with van der Waals surface area (Å²) in [5.41, 5.74) is 0.956. The first-order chi connectivity index (χ1) is 20.4. The first kappa shape index (κ1) is 34.7. The van der Waals surface area contributed by atoms with Crippen molar-refractivity contribution in [1.29, 1.82) is 5.26 Å². The second-order valence-electron chi connectivity index (χ2n) is 11.2. The van der Waals surface area contributed by atoms with Gasteiger partial charge in [0.25, 0.3) is 11.5 Å². The van der Waals surface area contributed by atoms with E-state index >= 15 is 0 Å². The molecule has 0 spiro atoms. The van der Waals surface area contributed by atoms with Gasteiger partial charge in [0.2, 0.25) is 5.88 Å². The first-order valence-electron chi connectivity index (χ1n) is 16.1. The third kappa shape index (κ3) is 10.7. The van der Waals surface area contributed by atoms with Crippen molar-refractivity contribution in [2.24, 2.45) is 10.2 Å². The largest absolute Gasteiger partial charge is 0.493 e. The Bertz CT molecular complexity index is 1210. The Morgan fingerprint density at radius 1 is 0.833 bits per heavy atom. The van der Waals surface area contributed by atoms with E-state index in [-0.39, 0.29) is 23.0 Å². The molecule has 1 N–H and O–H groups in total. The Labute approximate surface area is 252 Å². The van der Waals surface area contributed by atoms with Gasteiger partial charge < -0.3 is 10.0 Å². The van der Waals surface area contributed by atoms with Crippen LogP contribution in [0, 0.1) is 18.3 Å². The molecule has 0 radical (unpaired) electrons. The summed E-state index contributed by atoms with van der Waals surface area (Å²) in [5.74, 6) is -0.253. The average molecular weight is 578 g/mol. The zero-order chi connectivity index (χ0) is 30.7. The van der Waals surface area contributed by atoms with Crippen molar-refractivity contribution in [3.05, 3.63) is 51.3 Å². The van der Waals surface area contributed by atoms with E-state index in [1.165, 1.54) is 55.9 Å². The van der Waals surface area contributed by atoms with Crippen LogP contribution >= 0.6 is 0 Å². The van der Waals surface area contributed by atoms with E-state index in [1.54, 1.807) is 31.2 Å². The molecule has 2 aromatic rings. The molecule has 0 aliphatic heterocycles. The standard InChI is InChI=1S/C34H51N5O3/c1-5-8-11-13-15-17-23-38(24-18-16-14-12-9-6-2)32(40)28-19-21-29(22-20-28)36-37-31-27(4)30(26-35)33(41)39(34(31)42)25-10-7-3/h19-22,42H,5-18,23-25H2,1-4H3/b37-36+. The SMILES string of the molecule is CCCCCCCCN(CCCCCCCC)C(=O)c1ccc(/N=N/c2c(C)c(C#N)c(=O)n(CCCC)c2O)cc1. The first-order valence-corrected chi connectivity index (χ1v) is 16.1. The topological polar surface area (TPSA) is 111 Å². The number of rotatable bonds is 20. The van der Waals surface area contributed by atoms with Crippen LogP contribution in [0.3, 0.4) is 0 Å². The molecule has 8 nitrogen and oxygen atoms in total. The van der Waals surface area contributed by atoms with Crippen molar-refractivity contribution in [1.82, 2.24) is 9.47 Å². The zero-order valence-corrected chi connectivity index (χ0v) is 26.3. The molecule has 0 atom stereocenters. The number of nitrogens with zero attached hydrogens (tertiary/aromatic N) is 5. The van der Waals surface area contributed by atoms with E-state index < -0.39 is 5.56 Å². The molecule has 42 heavy (non-hydrogen) atoms. The molecule has 0 aliphatic rings. The zero-order valence-electron chi connectivity index (χ0n) is 26.3. The normalized spacial score (nSPS) is 11.2. The monoisotopic (exact) mass is 577 g/mol. The highest BCUT2D eigenvalue weighted by molar-refractivity contribution is 5.94. The number of nitriles is 1. The van der Waals surface area contributed by atoms with Crippen molar-refractivity contribution < 1.29 is 9.90 Å². The Hall–Kier alpha value is -3.47. The molecular weight excluding hydrogens is 526 g/mol. The van der Waals surface area contributed by atoms with Crippen LogP contribution in [0.2, 0.25) is 0 Å². The van der Waals surface area contributed by atoms with E-state index in [0.717, 1.165) is 45.2 Å². The van der Waals surface area contributed by atoms with Gasteiger partial charge in [-0.1, -0.05) is 91.4 Å². The molecule has 0 fully saturated rings. The Kier molecular flexibility index (Phi) is 16.2. The lowest BCUT2D eigenvalue weighted by Crippen LogP contribution is -2.33. The summed E-state index contributed by atoms with van der Waals surface area (Å²) >= 11 is 0. The van der Waals surface area contributed by atoms with Gasteiger partial charge in [0.1, 0.15) is 11.6 Å². The summed E-state index contributed by atoms with van der Waals surface area (Å²) in [6.45, 7) is 9.85. The number of aromatic nitrogens is 1. The third-order valence-corrected chi connectivity index (χ3v) is 7.73. The number of carbonyl (C=O) groups excluding carboxylic acids is 1. The van der Waals surface area contributed by atoms with E-state index in [1.807, 2.05) is 17.9 Å². The Balaban J connectivity index is 2.15. The molecule has 0 saturated carbocycles. The lowest BCUT2D eigenvalue weighted by atomic mass is 10.1. The van der Waals surface area contributed by atoms with Gasteiger partial charge >= 0.3 is 0 Å². The van der Waals surface area contributed by atoms with Gasteiger partial charge in [-0.3, -0.25) is 14.2 Å². The summed E-state index contributed by atoms with van der Waals surface area (Å²) in [6, 6.07) is 8.94. The van der Waals surface area contributed by atoms with Crippen molar-refractivity contribution >= 4 is 17.3 Å². The minimum absolute atomic E-state index is 0.0377. The summed E-state index contributed by atoms with van der Waals surface area (Å²) < 4.78 is 1.19. The minimum Gasteiger partial charge on any atom is -0.493 e. The summed E-state index contributed by atoms with van der Waals surface area (Å²) in [6.07, 6.45) is 15.8. The van der Waals surface area contributed by atoms with Gasteiger partial charge in [0, 0.05) is 30.8 Å². The van der Waals surface area contributed by atoms with E-state index in [4.69, 9.17) is 0 Å². The molecule has 1 aromatic heterocycles. The number of pyridine rings is 1. The molecule has 1 amide bonds. The molecule has 1 aromatic carbocycles. The number of unbranched alkanes of at least 4 members (excludes halogenated alkanes) is 11. The van der Waals surface area contributed by atoms with Crippen LogP contribution in [0.5, 0.6) is 5.88 Å². The fourth-order valence-electron chi connectivity index (χ4n) is 5.02. The fourth-order valence-corrected chi connectivity index (χ4v) is 5.02. The molecule has 230 valence electrons. The number of hydrogen-bond acceptors (Lipinski definition) is 6. The molecular formula is C34H51N5O3. The van der Waals surface area contributed by atoms with Crippen LogP contribution in [0.4, 0.5) is 11.4 Å². The van der Waals surface area contributed by atoms with Gasteiger partial charge in [0.15, 0.2) is 5.69 Å². The molecule has 0 saturated heterocycles. The number of benzene rings is 1. The van der Waals surface area contributed by atoms with Crippen molar-refractivity contribution in [2.75, 3.05) is 13.1 Å². The van der Waals surface area contributed by atoms with Crippen LogP contribution < -0.4 is 5.56 Å². The quantitative estimate of drug-likeness (QED) is 0.125. The van der Waals surface area contributed by atoms with E-state index in [0.29, 0.717) is 29.8 Å². The minimum atomic E-state index is -0.519. The third-order valence-electron chi connectivity index (χ3n) is 7.73. The van der Waals surface area contributed by atoms with Crippen LogP contribution in [0.1, 0.15) is 132 Å². The van der Waals surface area contributed by atoms with Crippen LogP contribution in [0.25, 0.3) is 0 Å². The number of amides is 1. The van der Waals surface area contributed by atoms with Crippen molar-refractivity contribution in [3.63, 3.8) is 0 Å². The van der Waals surface area contributed by atoms with Gasteiger partial charge in [-0.15, -0.1) is 5.11 Å². The predicted molar refractivity (Wildman–Crippen MR) is 170 cm³/mol. The highest BCUT2D eigenvalue weighted by atomic mass is 16.3. The molecule has 8 heteroatoms. The highest BCUT2D eigenvalue weighted by Gasteiger charge is 2.19. The molecule has 0 aliphatic carbocycles. The number of azo groups is 1. The molecule has 0 bridgehead atoms. The molecule has 1 heterocycles. The summed E-state index contributed by atoms with van der Waals surface area (Å²) in [5, 5.41) is 28.8. The van der Waals surface area contributed by atoms with Crippen LogP contribution in [-0.2, 0) is 6.54 Å². The van der Waals surface area contributed by atoms with Crippen molar-refractivity contribution in [3.8, 4) is 11.9 Å². The second kappa shape index (κ2) is 19.6. The average Bonchev–Trinajstić information content (AvgIpc) is 2.99. The summed E-state index contributed by atoms with van der Waals surface area (Å²) in [4.78, 5) is 28.1. The molecule has 0 unspecified atom stereocenters. The van der Waals surface area contributed by atoms with Gasteiger partial charge in [-0.2, -0.15) is 10.4 Å². The van der Waals surface area contributed by atoms with Crippen LogP contribution in [-0.4, -0.2) is 33.6 Å². The van der Waals surface area contributed by atoms with Crippen LogP contribution in [0.15, 0.2) is 39.3 Å². The van der Waals surface area contributed by atoms with Crippen molar-refractivity contribution in [2.45, 2.75) is 124 Å². The van der Waals surface area contributed by atoms with Gasteiger partial charge in [-0.25, -0.2) is 0 Å². The maximum atomic E-state index is 13.5. The number of aromatic hydroxyl groups is 1.